The molecule has 1 atom stereocenters. The average molecular weight is 322 g/mol. The highest BCUT2D eigenvalue weighted by Crippen LogP contribution is 2.13. The van der Waals surface area contributed by atoms with Crippen molar-refractivity contribution >= 4 is 5.91 Å². The number of hydrogen-bond acceptors (Lipinski definition) is 3. The molecule has 1 aliphatic rings. The Labute approximate surface area is 138 Å². The lowest BCUT2D eigenvalue weighted by molar-refractivity contribution is -0.120. The topological polar surface area (TPSA) is 41.6 Å². The standard InChI is InChI=1S/C18H27FN2O2/c1-14(2)11-16(21-7-9-23-10-8-21)13-20-18(22)12-15-5-3-4-6-17(15)19/h3-6,14,16H,7-13H2,1-2H3,(H,20,22). The van der Waals surface area contributed by atoms with Crippen LogP contribution in [0.4, 0.5) is 4.39 Å². The Hall–Kier alpha value is -1.46. The lowest BCUT2D eigenvalue weighted by atomic mass is 10.0. The molecule has 1 aromatic rings. The van der Waals surface area contributed by atoms with Crippen molar-refractivity contribution in [3.05, 3.63) is 35.6 Å². The van der Waals surface area contributed by atoms with E-state index in [1.165, 1.54) is 6.07 Å². The molecular formula is C18H27FN2O2. The summed E-state index contributed by atoms with van der Waals surface area (Å²) in [6.07, 6.45) is 1.12. The van der Waals surface area contributed by atoms with Gasteiger partial charge in [0.2, 0.25) is 5.91 Å². The molecule has 1 heterocycles. The third-order valence-electron chi connectivity index (χ3n) is 4.15. The van der Waals surface area contributed by atoms with Gasteiger partial charge >= 0.3 is 0 Å². The first-order valence-corrected chi connectivity index (χ1v) is 8.38. The van der Waals surface area contributed by atoms with Crippen molar-refractivity contribution in [2.75, 3.05) is 32.8 Å². The summed E-state index contributed by atoms with van der Waals surface area (Å²) in [5.74, 6) is 0.109. The average Bonchev–Trinajstić information content (AvgIpc) is 2.54. The maximum Gasteiger partial charge on any atom is 0.224 e. The molecule has 1 aliphatic heterocycles. The van der Waals surface area contributed by atoms with Gasteiger partial charge in [0.25, 0.3) is 0 Å². The van der Waals surface area contributed by atoms with E-state index in [0.29, 0.717) is 24.1 Å². The van der Waals surface area contributed by atoms with Crippen LogP contribution in [-0.4, -0.2) is 49.7 Å². The van der Waals surface area contributed by atoms with Crippen LogP contribution < -0.4 is 5.32 Å². The van der Waals surface area contributed by atoms with E-state index in [9.17, 15) is 9.18 Å². The number of carbonyl (C=O) groups excluding carboxylic acids is 1. The molecule has 1 aromatic carbocycles. The molecule has 0 aliphatic carbocycles. The van der Waals surface area contributed by atoms with Gasteiger partial charge in [0.05, 0.1) is 19.6 Å². The van der Waals surface area contributed by atoms with Gasteiger partial charge < -0.3 is 10.1 Å². The Kier molecular flexibility index (Phi) is 6.99. The van der Waals surface area contributed by atoms with Crippen molar-refractivity contribution in [2.45, 2.75) is 32.7 Å². The van der Waals surface area contributed by atoms with Gasteiger partial charge in [0.15, 0.2) is 0 Å². The molecule has 23 heavy (non-hydrogen) atoms. The minimum absolute atomic E-state index is 0.0875. The van der Waals surface area contributed by atoms with Crippen LogP contribution in [0, 0.1) is 11.7 Å². The second-order valence-electron chi connectivity index (χ2n) is 6.50. The highest BCUT2D eigenvalue weighted by Gasteiger charge is 2.22. The fraction of sp³-hybridized carbons (Fsp3) is 0.611. The van der Waals surface area contributed by atoms with Crippen molar-refractivity contribution < 1.29 is 13.9 Å². The number of morpholine rings is 1. The lowest BCUT2D eigenvalue weighted by Crippen LogP contribution is -2.49. The number of nitrogens with one attached hydrogen (secondary N) is 1. The molecule has 0 radical (unpaired) electrons. The van der Waals surface area contributed by atoms with Crippen molar-refractivity contribution in [3.8, 4) is 0 Å². The van der Waals surface area contributed by atoms with E-state index < -0.39 is 0 Å². The van der Waals surface area contributed by atoms with Crippen LogP contribution in [-0.2, 0) is 16.0 Å². The largest absolute Gasteiger partial charge is 0.379 e. The number of rotatable bonds is 7. The zero-order valence-corrected chi connectivity index (χ0v) is 14.1. The number of amides is 1. The molecule has 1 amide bonds. The molecule has 2 rings (SSSR count). The van der Waals surface area contributed by atoms with Crippen molar-refractivity contribution in [1.29, 1.82) is 0 Å². The van der Waals surface area contributed by atoms with Crippen LogP contribution in [0.1, 0.15) is 25.8 Å². The van der Waals surface area contributed by atoms with Gasteiger partial charge in [0, 0.05) is 25.7 Å². The Bertz CT molecular complexity index is 502. The smallest absolute Gasteiger partial charge is 0.224 e. The first-order chi connectivity index (χ1) is 11.1. The molecule has 1 N–H and O–H groups in total. The monoisotopic (exact) mass is 322 g/mol. The molecule has 0 spiro atoms. The first-order valence-electron chi connectivity index (χ1n) is 8.38. The van der Waals surface area contributed by atoms with Crippen LogP contribution in [0.5, 0.6) is 0 Å². The fourth-order valence-electron chi connectivity index (χ4n) is 2.96. The summed E-state index contributed by atoms with van der Waals surface area (Å²) in [5.41, 5.74) is 0.441. The number of ether oxygens (including phenoxy) is 1. The van der Waals surface area contributed by atoms with Crippen molar-refractivity contribution in [3.63, 3.8) is 0 Å². The quantitative estimate of drug-likeness (QED) is 0.837. The molecule has 0 aromatic heterocycles. The number of hydrogen-bond donors (Lipinski definition) is 1. The van der Waals surface area contributed by atoms with E-state index >= 15 is 0 Å². The zero-order chi connectivity index (χ0) is 16.7. The summed E-state index contributed by atoms with van der Waals surface area (Å²) in [7, 11) is 0. The predicted octanol–water partition coefficient (Wildman–Crippen LogP) is 2.23. The zero-order valence-electron chi connectivity index (χ0n) is 14.1. The highest BCUT2D eigenvalue weighted by atomic mass is 19.1. The van der Waals surface area contributed by atoms with Crippen LogP contribution in [0.25, 0.3) is 0 Å². The fourth-order valence-corrected chi connectivity index (χ4v) is 2.96. The normalized spacial score (nSPS) is 17.2. The SMILES string of the molecule is CC(C)CC(CNC(=O)Cc1ccccc1F)N1CCOCC1. The van der Waals surface area contributed by atoms with E-state index in [-0.39, 0.29) is 18.1 Å². The minimum atomic E-state index is -0.324. The third kappa shape index (κ3) is 5.92. The summed E-state index contributed by atoms with van der Waals surface area (Å²) in [5, 5.41) is 2.97. The molecule has 1 unspecified atom stereocenters. The Morgan fingerprint density at radius 2 is 2.00 bits per heavy atom. The van der Waals surface area contributed by atoms with Gasteiger partial charge in [-0.15, -0.1) is 0 Å². The van der Waals surface area contributed by atoms with Crippen molar-refractivity contribution in [2.24, 2.45) is 5.92 Å². The maximum absolute atomic E-state index is 13.6. The summed E-state index contributed by atoms with van der Waals surface area (Å²) in [4.78, 5) is 14.5. The Balaban J connectivity index is 1.86. The summed E-state index contributed by atoms with van der Waals surface area (Å²) < 4.78 is 19.0. The molecule has 1 fully saturated rings. The maximum atomic E-state index is 13.6. The lowest BCUT2D eigenvalue weighted by Gasteiger charge is -2.35. The van der Waals surface area contributed by atoms with Gasteiger partial charge in [-0.25, -0.2) is 4.39 Å². The molecule has 4 nitrogen and oxygen atoms in total. The summed E-state index contributed by atoms with van der Waals surface area (Å²) in [6.45, 7) is 8.28. The van der Waals surface area contributed by atoms with Gasteiger partial charge in [-0.2, -0.15) is 0 Å². The van der Waals surface area contributed by atoms with Gasteiger partial charge in [0.1, 0.15) is 5.82 Å². The predicted molar refractivity (Wildman–Crippen MR) is 88.7 cm³/mol. The first kappa shape index (κ1) is 17.9. The van der Waals surface area contributed by atoms with Crippen molar-refractivity contribution in [1.82, 2.24) is 10.2 Å². The minimum Gasteiger partial charge on any atom is -0.379 e. The second kappa shape index (κ2) is 8.99. The summed E-state index contributed by atoms with van der Waals surface area (Å²) in [6, 6.07) is 6.73. The Morgan fingerprint density at radius 3 is 2.65 bits per heavy atom. The number of carbonyl (C=O) groups is 1. The van der Waals surface area contributed by atoms with E-state index in [2.05, 4.69) is 24.1 Å². The van der Waals surface area contributed by atoms with Crippen LogP contribution in [0.15, 0.2) is 24.3 Å². The van der Waals surface area contributed by atoms with E-state index in [1.54, 1.807) is 18.2 Å². The van der Waals surface area contributed by atoms with E-state index in [4.69, 9.17) is 4.74 Å². The van der Waals surface area contributed by atoms with Gasteiger partial charge in [-0.3, -0.25) is 9.69 Å². The number of benzene rings is 1. The van der Waals surface area contributed by atoms with Crippen LogP contribution in [0.2, 0.25) is 0 Å². The molecular weight excluding hydrogens is 295 g/mol. The van der Waals surface area contributed by atoms with Crippen LogP contribution in [0.3, 0.4) is 0 Å². The third-order valence-corrected chi connectivity index (χ3v) is 4.15. The summed E-state index contributed by atoms with van der Waals surface area (Å²) >= 11 is 0. The molecule has 128 valence electrons. The van der Waals surface area contributed by atoms with E-state index in [1.807, 2.05) is 0 Å². The van der Waals surface area contributed by atoms with Gasteiger partial charge in [-0.1, -0.05) is 32.0 Å². The van der Waals surface area contributed by atoms with E-state index in [0.717, 1.165) is 32.7 Å². The molecule has 0 bridgehead atoms. The molecule has 1 saturated heterocycles. The van der Waals surface area contributed by atoms with Crippen LogP contribution >= 0.6 is 0 Å². The second-order valence-corrected chi connectivity index (χ2v) is 6.50. The Morgan fingerprint density at radius 1 is 1.30 bits per heavy atom. The number of nitrogens with zero attached hydrogens (tertiary/aromatic N) is 1. The number of halogens is 1. The molecule has 5 heteroatoms. The highest BCUT2D eigenvalue weighted by molar-refractivity contribution is 5.78. The van der Waals surface area contributed by atoms with Gasteiger partial charge in [-0.05, 0) is 24.0 Å². The molecule has 0 saturated carbocycles.